The Morgan fingerprint density at radius 2 is 2.09 bits per heavy atom. The van der Waals surface area contributed by atoms with E-state index in [-0.39, 0.29) is 16.1 Å². The Morgan fingerprint density at radius 3 is 2.64 bits per heavy atom. The molecule has 1 aliphatic rings. The lowest BCUT2D eigenvalue weighted by molar-refractivity contribution is -0.128. The minimum Gasteiger partial charge on any atom is -0.385 e. The first-order valence-electron chi connectivity index (χ1n) is 8.45. The summed E-state index contributed by atoms with van der Waals surface area (Å²) in [5.41, 5.74) is 0.0845. The summed E-state index contributed by atoms with van der Waals surface area (Å²) in [6, 6.07) is 0. The largest absolute Gasteiger partial charge is 0.385 e. The number of ether oxygens (including phenoxy) is 1. The van der Waals surface area contributed by atoms with E-state index < -0.39 is 0 Å². The van der Waals surface area contributed by atoms with E-state index in [1.54, 1.807) is 7.11 Å². The van der Waals surface area contributed by atoms with Crippen molar-refractivity contribution in [2.24, 2.45) is 17.3 Å². The van der Waals surface area contributed by atoms with Gasteiger partial charge in [0, 0.05) is 36.1 Å². The number of carbonyl (C=O) groups is 1. The number of hydrogen-bond acceptors (Lipinski definition) is 3. The molecule has 0 aliphatic heterocycles. The molecule has 0 aromatic heterocycles. The molecule has 0 N–H and O–H groups in total. The summed E-state index contributed by atoms with van der Waals surface area (Å²) in [4.78, 5) is 12.9. The normalized spacial score (nSPS) is 26.0. The zero-order valence-corrected chi connectivity index (χ0v) is 16.3. The second-order valence-corrected chi connectivity index (χ2v) is 10.2. The van der Waals surface area contributed by atoms with Crippen LogP contribution in [0.1, 0.15) is 60.8 Å². The Morgan fingerprint density at radius 1 is 1.45 bits per heavy atom. The summed E-state index contributed by atoms with van der Waals surface area (Å²) < 4.78 is 5.35. The third-order valence-electron chi connectivity index (χ3n) is 4.72. The number of carbonyl (C=O) groups excluding carboxylic acids is 1. The maximum atomic E-state index is 12.9. The van der Waals surface area contributed by atoms with Crippen molar-refractivity contribution in [3.63, 3.8) is 0 Å². The summed E-state index contributed by atoms with van der Waals surface area (Å²) in [5.74, 6) is 0.946. The third kappa shape index (κ3) is 5.73. The van der Waals surface area contributed by atoms with Gasteiger partial charge in [0.1, 0.15) is 5.78 Å². The quantitative estimate of drug-likeness (QED) is 0.579. The lowest BCUT2D eigenvalue weighted by atomic mass is 9.65. The summed E-state index contributed by atoms with van der Waals surface area (Å²) in [6.45, 7) is 14.1. The monoisotopic (exact) mass is 326 g/mol. The SMILES string of the molecule is COCCC(C)(C)SC(C)CC(=O)C1C(C)C=CCC1(C)C. The molecule has 0 aromatic rings. The van der Waals surface area contributed by atoms with Gasteiger partial charge in [0.2, 0.25) is 0 Å². The Kier molecular flexibility index (Phi) is 7.20. The van der Waals surface area contributed by atoms with E-state index in [0.717, 1.165) is 19.4 Å². The molecule has 0 aromatic carbocycles. The number of hydrogen-bond donors (Lipinski definition) is 0. The predicted molar refractivity (Wildman–Crippen MR) is 97.4 cm³/mol. The number of Topliss-reactive ketones (excluding diaryl/α,β-unsaturated/α-hetero) is 1. The lowest BCUT2D eigenvalue weighted by Crippen LogP contribution is -2.38. The molecule has 3 unspecified atom stereocenters. The van der Waals surface area contributed by atoms with Gasteiger partial charge in [-0.1, -0.05) is 53.7 Å². The Labute approximate surface area is 141 Å². The molecule has 128 valence electrons. The van der Waals surface area contributed by atoms with Crippen molar-refractivity contribution in [3.05, 3.63) is 12.2 Å². The summed E-state index contributed by atoms with van der Waals surface area (Å²) in [6.07, 6.45) is 7.15. The van der Waals surface area contributed by atoms with Crippen molar-refractivity contribution < 1.29 is 9.53 Å². The van der Waals surface area contributed by atoms with E-state index in [0.29, 0.717) is 23.4 Å². The number of thioether (sulfide) groups is 1. The molecule has 0 heterocycles. The van der Waals surface area contributed by atoms with Gasteiger partial charge in [0.05, 0.1) is 0 Å². The first kappa shape index (κ1) is 19.8. The van der Waals surface area contributed by atoms with Crippen LogP contribution in [0.5, 0.6) is 0 Å². The molecule has 0 spiro atoms. The molecule has 0 saturated carbocycles. The Bertz CT molecular complexity index is 398. The molecule has 22 heavy (non-hydrogen) atoms. The van der Waals surface area contributed by atoms with Crippen molar-refractivity contribution >= 4 is 17.5 Å². The molecular weight excluding hydrogens is 292 g/mol. The minimum atomic E-state index is 0.0845. The van der Waals surface area contributed by atoms with E-state index in [1.165, 1.54) is 0 Å². The van der Waals surface area contributed by atoms with Gasteiger partial charge in [-0.05, 0) is 24.2 Å². The van der Waals surface area contributed by atoms with Crippen molar-refractivity contribution in [1.82, 2.24) is 0 Å². The van der Waals surface area contributed by atoms with Crippen LogP contribution in [0, 0.1) is 17.3 Å². The van der Waals surface area contributed by atoms with Crippen LogP contribution in [0.4, 0.5) is 0 Å². The fourth-order valence-electron chi connectivity index (χ4n) is 3.67. The van der Waals surface area contributed by atoms with E-state index in [1.807, 2.05) is 11.8 Å². The van der Waals surface area contributed by atoms with E-state index >= 15 is 0 Å². The average molecular weight is 327 g/mol. The van der Waals surface area contributed by atoms with Gasteiger partial charge in [-0.25, -0.2) is 0 Å². The fraction of sp³-hybridized carbons (Fsp3) is 0.842. The molecule has 0 bridgehead atoms. The van der Waals surface area contributed by atoms with Gasteiger partial charge >= 0.3 is 0 Å². The second-order valence-electron chi connectivity index (χ2n) is 8.06. The van der Waals surface area contributed by atoms with E-state index in [4.69, 9.17) is 4.74 Å². The van der Waals surface area contributed by atoms with Gasteiger partial charge < -0.3 is 4.74 Å². The molecule has 2 nitrogen and oxygen atoms in total. The van der Waals surface area contributed by atoms with Crippen molar-refractivity contribution in [2.75, 3.05) is 13.7 Å². The number of allylic oxidation sites excluding steroid dienone is 2. The predicted octanol–water partition coefficient (Wildman–Crippen LogP) is 5.12. The molecule has 0 radical (unpaired) electrons. The zero-order chi connectivity index (χ0) is 17.0. The summed E-state index contributed by atoms with van der Waals surface area (Å²) in [5, 5.41) is 0.355. The topological polar surface area (TPSA) is 26.3 Å². The highest BCUT2D eigenvalue weighted by atomic mass is 32.2. The van der Waals surface area contributed by atoms with Crippen LogP contribution in [0.3, 0.4) is 0 Å². The minimum absolute atomic E-state index is 0.0845. The number of rotatable bonds is 8. The smallest absolute Gasteiger partial charge is 0.138 e. The van der Waals surface area contributed by atoms with Gasteiger partial charge in [-0.3, -0.25) is 4.79 Å². The Balaban J connectivity index is 2.62. The molecule has 0 fully saturated rings. The maximum absolute atomic E-state index is 12.9. The van der Waals surface area contributed by atoms with Crippen LogP contribution in [-0.2, 0) is 9.53 Å². The first-order valence-corrected chi connectivity index (χ1v) is 9.33. The highest BCUT2D eigenvalue weighted by molar-refractivity contribution is 8.01. The third-order valence-corrected chi connectivity index (χ3v) is 6.13. The standard InChI is InChI=1S/C19H34O2S/c1-14-9-8-10-18(3,4)17(14)16(20)13-15(2)22-19(5,6)11-12-21-7/h8-9,14-15,17H,10-13H2,1-7H3. The van der Waals surface area contributed by atoms with Crippen LogP contribution in [0.25, 0.3) is 0 Å². The molecule has 0 amide bonds. The highest BCUT2D eigenvalue weighted by Gasteiger charge is 2.39. The summed E-state index contributed by atoms with van der Waals surface area (Å²) in [7, 11) is 1.74. The lowest BCUT2D eigenvalue weighted by Gasteiger charge is -2.39. The van der Waals surface area contributed by atoms with E-state index in [9.17, 15) is 4.79 Å². The van der Waals surface area contributed by atoms with Crippen LogP contribution in [-0.4, -0.2) is 29.5 Å². The van der Waals surface area contributed by atoms with Crippen molar-refractivity contribution in [1.29, 1.82) is 0 Å². The first-order chi connectivity index (χ1) is 10.1. The Hall–Kier alpha value is -0.280. The molecular formula is C19H34O2S. The molecule has 1 rings (SSSR count). The van der Waals surface area contributed by atoms with Gasteiger partial charge in [-0.15, -0.1) is 0 Å². The zero-order valence-electron chi connectivity index (χ0n) is 15.4. The van der Waals surface area contributed by atoms with Crippen LogP contribution < -0.4 is 0 Å². The molecule has 3 heteroatoms. The van der Waals surface area contributed by atoms with Gasteiger partial charge in [-0.2, -0.15) is 11.8 Å². The number of ketones is 1. The van der Waals surface area contributed by atoms with Gasteiger partial charge in [0.15, 0.2) is 0 Å². The molecule has 0 saturated heterocycles. The second kappa shape index (κ2) is 8.01. The maximum Gasteiger partial charge on any atom is 0.138 e. The summed E-state index contributed by atoms with van der Waals surface area (Å²) >= 11 is 1.92. The van der Waals surface area contributed by atoms with Gasteiger partial charge in [0.25, 0.3) is 0 Å². The van der Waals surface area contributed by atoms with Crippen LogP contribution in [0.2, 0.25) is 0 Å². The van der Waals surface area contributed by atoms with Crippen molar-refractivity contribution in [3.8, 4) is 0 Å². The number of methoxy groups -OCH3 is 1. The highest BCUT2D eigenvalue weighted by Crippen LogP contribution is 2.42. The van der Waals surface area contributed by atoms with Crippen molar-refractivity contribution in [2.45, 2.75) is 70.8 Å². The average Bonchev–Trinajstić information content (AvgIpc) is 2.34. The van der Waals surface area contributed by atoms with Crippen LogP contribution >= 0.6 is 11.8 Å². The fourth-order valence-corrected chi connectivity index (χ4v) is 5.21. The van der Waals surface area contributed by atoms with Crippen LogP contribution in [0.15, 0.2) is 12.2 Å². The molecule has 1 aliphatic carbocycles. The van der Waals surface area contributed by atoms with E-state index in [2.05, 4.69) is 53.7 Å². The molecule has 3 atom stereocenters.